The smallest absolute Gasteiger partial charge is 0.261 e. The molecule has 0 aliphatic carbocycles. The fraction of sp³-hybridized carbons (Fsp3) is 0.136. The number of carbonyl (C=O) groups excluding carboxylic acids is 1. The summed E-state index contributed by atoms with van der Waals surface area (Å²) in [7, 11) is -7.39. The first-order chi connectivity index (χ1) is 16.0. The number of sulfonamides is 2. The topological polar surface area (TPSA) is 131 Å². The maximum absolute atomic E-state index is 12.7. The Morgan fingerprint density at radius 1 is 0.853 bits per heavy atom. The molecule has 3 aromatic rings. The lowest BCUT2D eigenvalue weighted by molar-refractivity contribution is 0.102. The molecule has 0 saturated carbocycles. The lowest BCUT2D eigenvalue weighted by Crippen LogP contribution is -2.15. The van der Waals surface area contributed by atoms with E-state index in [0.29, 0.717) is 23.7 Å². The summed E-state index contributed by atoms with van der Waals surface area (Å²) in [6.45, 7) is 2.35. The van der Waals surface area contributed by atoms with E-state index in [2.05, 4.69) is 14.8 Å². The van der Waals surface area contributed by atoms with Crippen molar-refractivity contribution in [3.63, 3.8) is 0 Å². The minimum Gasteiger partial charge on any atom is -0.494 e. The van der Waals surface area contributed by atoms with Crippen molar-refractivity contribution in [3.8, 4) is 5.75 Å². The monoisotopic (exact) mass is 523 g/mol. The van der Waals surface area contributed by atoms with Gasteiger partial charge in [-0.05, 0) is 73.7 Å². The zero-order valence-electron chi connectivity index (χ0n) is 18.2. The van der Waals surface area contributed by atoms with Gasteiger partial charge in [-0.3, -0.25) is 14.2 Å². The van der Waals surface area contributed by atoms with Crippen LogP contribution in [0.3, 0.4) is 0 Å². The molecule has 3 N–H and O–H groups in total. The second-order valence-corrected chi connectivity index (χ2v) is 10.9. The van der Waals surface area contributed by atoms with Crippen LogP contribution in [0.25, 0.3) is 0 Å². The van der Waals surface area contributed by atoms with E-state index in [1.54, 1.807) is 24.3 Å². The third-order valence-electron chi connectivity index (χ3n) is 4.35. The van der Waals surface area contributed by atoms with Gasteiger partial charge in [0.1, 0.15) is 5.75 Å². The fourth-order valence-corrected chi connectivity index (χ4v) is 4.71. The van der Waals surface area contributed by atoms with Crippen LogP contribution >= 0.6 is 11.6 Å². The molecule has 3 aromatic carbocycles. The molecule has 12 heteroatoms. The quantitative estimate of drug-likeness (QED) is 0.386. The Labute approximate surface area is 203 Å². The molecule has 34 heavy (non-hydrogen) atoms. The molecule has 3 rings (SSSR count). The van der Waals surface area contributed by atoms with E-state index < -0.39 is 26.0 Å². The first-order valence-electron chi connectivity index (χ1n) is 9.91. The molecular weight excluding hydrogens is 502 g/mol. The Hall–Kier alpha value is -3.28. The summed E-state index contributed by atoms with van der Waals surface area (Å²) < 4.78 is 58.3. The molecule has 0 bridgehead atoms. The van der Waals surface area contributed by atoms with Gasteiger partial charge >= 0.3 is 0 Å². The highest BCUT2D eigenvalue weighted by Crippen LogP contribution is 2.24. The van der Waals surface area contributed by atoms with Crippen LogP contribution in [0.4, 0.5) is 17.1 Å². The van der Waals surface area contributed by atoms with E-state index in [4.69, 9.17) is 16.3 Å². The highest BCUT2D eigenvalue weighted by Gasteiger charge is 2.16. The summed E-state index contributed by atoms with van der Waals surface area (Å²) in [6, 6.07) is 16.2. The molecular formula is C22H22ClN3O6S2. The summed E-state index contributed by atoms with van der Waals surface area (Å²) >= 11 is 6.08. The van der Waals surface area contributed by atoms with Gasteiger partial charge in [-0.2, -0.15) is 0 Å². The van der Waals surface area contributed by atoms with Crippen molar-refractivity contribution in [1.29, 1.82) is 0 Å². The second kappa shape index (κ2) is 10.3. The Balaban J connectivity index is 1.72. The second-order valence-electron chi connectivity index (χ2n) is 7.11. The van der Waals surface area contributed by atoms with Crippen LogP contribution in [0.15, 0.2) is 71.6 Å². The highest BCUT2D eigenvalue weighted by molar-refractivity contribution is 7.92. The van der Waals surface area contributed by atoms with E-state index in [9.17, 15) is 21.6 Å². The van der Waals surface area contributed by atoms with Gasteiger partial charge in [-0.25, -0.2) is 16.8 Å². The van der Waals surface area contributed by atoms with Gasteiger partial charge in [0, 0.05) is 17.1 Å². The number of carbonyl (C=O) groups is 1. The summed E-state index contributed by atoms with van der Waals surface area (Å²) in [5.74, 6) is 0.0357. The maximum Gasteiger partial charge on any atom is 0.261 e. The third kappa shape index (κ3) is 6.86. The summed E-state index contributed by atoms with van der Waals surface area (Å²) in [4.78, 5) is 12.6. The van der Waals surface area contributed by atoms with Crippen molar-refractivity contribution in [1.82, 2.24) is 0 Å². The van der Waals surface area contributed by atoms with Crippen LogP contribution in [0.2, 0.25) is 5.02 Å². The standard InChI is InChI=1S/C22H22ClN3O6S2/c1-3-32-18-9-4-16(5-10-18)26-34(30,31)19-11-6-15(7-12-19)24-22(27)20-14-17(8-13-21(20)23)25-33(2,28)29/h4-14,25-26H,3H2,1-2H3,(H,24,27). The summed E-state index contributed by atoms with van der Waals surface area (Å²) in [6.07, 6.45) is 0.988. The van der Waals surface area contributed by atoms with Crippen molar-refractivity contribution >= 4 is 54.6 Å². The predicted octanol–water partition coefficient (Wildman–Crippen LogP) is 4.16. The lowest BCUT2D eigenvalue weighted by atomic mass is 10.2. The van der Waals surface area contributed by atoms with E-state index in [0.717, 1.165) is 6.26 Å². The number of benzene rings is 3. The van der Waals surface area contributed by atoms with Crippen LogP contribution < -0.4 is 19.5 Å². The number of hydrogen-bond acceptors (Lipinski definition) is 6. The van der Waals surface area contributed by atoms with Crippen LogP contribution in [0, 0.1) is 0 Å². The Kier molecular flexibility index (Phi) is 7.70. The van der Waals surface area contributed by atoms with Crippen molar-refractivity contribution in [2.75, 3.05) is 27.6 Å². The van der Waals surface area contributed by atoms with E-state index >= 15 is 0 Å². The largest absolute Gasteiger partial charge is 0.494 e. The number of halogens is 1. The van der Waals surface area contributed by atoms with Crippen LogP contribution in [0.1, 0.15) is 17.3 Å². The van der Waals surface area contributed by atoms with E-state index in [1.807, 2.05) is 6.92 Å². The molecule has 0 saturated heterocycles. The highest BCUT2D eigenvalue weighted by atomic mass is 35.5. The first-order valence-corrected chi connectivity index (χ1v) is 13.7. The molecule has 0 aliphatic heterocycles. The molecule has 1 amide bonds. The number of ether oxygens (including phenoxy) is 1. The van der Waals surface area contributed by atoms with Crippen molar-refractivity contribution in [2.24, 2.45) is 0 Å². The van der Waals surface area contributed by atoms with Gasteiger partial charge in [-0.15, -0.1) is 0 Å². The van der Waals surface area contributed by atoms with Crippen molar-refractivity contribution < 1.29 is 26.4 Å². The Morgan fingerprint density at radius 2 is 1.44 bits per heavy atom. The minimum atomic E-state index is -3.86. The van der Waals surface area contributed by atoms with Gasteiger partial charge in [-0.1, -0.05) is 11.6 Å². The van der Waals surface area contributed by atoms with Crippen molar-refractivity contribution in [2.45, 2.75) is 11.8 Å². The van der Waals surface area contributed by atoms with E-state index in [1.165, 1.54) is 42.5 Å². The lowest BCUT2D eigenvalue weighted by Gasteiger charge is -2.11. The average Bonchev–Trinajstić information content (AvgIpc) is 2.76. The van der Waals surface area contributed by atoms with Crippen LogP contribution in [0.5, 0.6) is 5.75 Å². The van der Waals surface area contributed by atoms with Crippen LogP contribution in [-0.2, 0) is 20.0 Å². The molecule has 0 fully saturated rings. The molecule has 0 atom stereocenters. The van der Waals surface area contributed by atoms with E-state index in [-0.39, 0.29) is 21.2 Å². The number of anilines is 3. The van der Waals surface area contributed by atoms with Gasteiger partial charge in [0.25, 0.3) is 15.9 Å². The SMILES string of the molecule is CCOc1ccc(NS(=O)(=O)c2ccc(NC(=O)c3cc(NS(C)(=O)=O)ccc3Cl)cc2)cc1. The molecule has 180 valence electrons. The normalized spacial score (nSPS) is 11.5. The average molecular weight is 524 g/mol. The predicted molar refractivity (Wildman–Crippen MR) is 133 cm³/mol. The van der Waals surface area contributed by atoms with Gasteiger partial charge in [0.2, 0.25) is 10.0 Å². The van der Waals surface area contributed by atoms with Gasteiger partial charge in [0.15, 0.2) is 0 Å². The third-order valence-corrected chi connectivity index (χ3v) is 6.69. The molecule has 0 radical (unpaired) electrons. The maximum atomic E-state index is 12.7. The number of rotatable bonds is 9. The molecule has 0 spiro atoms. The Morgan fingerprint density at radius 3 is 2.03 bits per heavy atom. The first kappa shape index (κ1) is 25.3. The number of hydrogen-bond donors (Lipinski definition) is 3. The molecule has 0 aliphatic rings. The zero-order valence-corrected chi connectivity index (χ0v) is 20.6. The molecule has 9 nitrogen and oxygen atoms in total. The molecule has 0 aromatic heterocycles. The number of nitrogens with one attached hydrogen (secondary N) is 3. The summed E-state index contributed by atoms with van der Waals surface area (Å²) in [5.41, 5.74) is 0.920. The van der Waals surface area contributed by atoms with Crippen LogP contribution in [-0.4, -0.2) is 35.6 Å². The van der Waals surface area contributed by atoms with Gasteiger partial charge < -0.3 is 10.1 Å². The minimum absolute atomic E-state index is 0.00299. The summed E-state index contributed by atoms with van der Waals surface area (Å²) in [5, 5.41) is 2.73. The van der Waals surface area contributed by atoms with Crippen molar-refractivity contribution in [3.05, 3.63) is 77.3 Å². The van der Waals surface area contributed by atoms with Gasteiger partial charge in [0.05, 0.1) is 28.3 Å². The molecule has 0 unspecified atom stereocenters. The number of amides is 1. The molecule has 0 heterocycles. The Bertz CT molecular complexity index is 1390. The fourth-order valence-electron chi connectivity index (χ4n) is 2.89. The zero-order chi connectivity index (χ0) is 24.9.